The molecule has 0 radical (unpaired) electrons. The Kier molecular flexibility index (Phi) is 6.39. The fourth-order valence-corrected chi connectivity index (χ4v) is 8.67. The van der Waals surface area contributed by atoms with Crippen LogP contribution in [0, 0.1) is 0 Å². The Morgan fingerprint density at radius 1 is 0.408 bits per heavy atom. The zero-order chi connectivity index (χ0) is 32.3. The molecule has 230 valence electrons. The quantitative estimate of drug-likeness (QED) is 0.181. The van der Waals surface area contributed by atoms with E-state index in [4.69, 9.17) is 0 Å². The van der Waals surface area contributed by atoms with Crippen LogP contribution >= 0.6 is 11.3 Å². The van der Waals surface area contributed by atoms with E-state index in [1.54, 1.807) is 0 Å². The molecule has 10 rings (SSSR count). The lowest BCUT2D eigenvalue weighted by atomic mass is 10.0. The monoisotopic (exact) mass is 642 g/mol. The van der Waals surface area contributed by atoms with Crippen molar-refractivity contribution in [3.05, 3.63) is 182 Å². The molecule has 0 unspecified atom stereocenters. The number of benzene rings is 8. The lowest BCUT2D eigenvalue weighted by molar-refractivity contribution is 1.18. The van der Waals surface area contributed by atoms with Gasteiger partial charge in [0.15, 0.2) is 0 Å². The minimum Gasteiger partial charge on any atom is -0.309 e. The molecule has 3 heteroatoms. The van der Waals surface area contributed by atoms with E-state index in [9.17, 15) is 0 Å². The van der Waals surface area contributed by atoms with Crippen LogP contribution in [-0.4, -0.2) is 4.57 Å². The van der Waals surface area contributed by atoms with Gasteiger partial charge in [-0.25, -0.2) is 0 Å². The summed E-state index contributed by atoms with van der Waals surface area (Å²) in [4.78, 5) is 2.42. The lowest BCUT2D eigenvalue weighted by Crippen LogP contribution is -2.10. The van der Waals surface area contributed by atoms with E-state index in [2.05, 4.69) is 191 Å². The molecule has 0 fully saturated rings. The van der Waals surface area contributed by atoms with Crippen molar-refractivity contribution in [2.24, 2.45) is 0 Å². The van der Waals surface area contributed by atoms with Crippen LogP contribution in [0.5, 0.6) is 0 Å². The fourth-order valence-electron chi connectivity index (χ4n) is 7.46. The van der Waals surface area contributed by atoms with Crippen LogP contribution in [0.1, 0.15) is 0 Å². The third-order valence-electron chi connectivity index (χ3n) is 9.76. The summed E-state index contributed by atoms with van der Waals surface area (Å²) >= 11 is 1.87. The summed E-state index contributed by atoms with van der Waals surface area (Å²) in [7, 11) is 0. The van der Waals surface area contributed by atoms with Crippen molar-refractivity contribution in [1.82, 2.24) is 4.57 Å². The molecule has 0 aliphatic heterocycles. The molecular formula is C46H30N2S. The molecule has 0 saturated heterocycles. The summed E-state index contributed by atoms with van der Waals surface area (Å²) < 4.78 is 4.97. The number of para-hydroxylation sites is 2. The predicted molar refractivity (Wildman–Crippen MR) is 211 cm³/mol. The largest absolute Gasteiger partial charge is 0.309 e. The minimum atomic E-state index is 1.13. The van der Waals surface area contributed by atoms with Gasteiger partial charge in [-0.15, -0.1) is 11.3 Å². The van der Waals surface area contributed by atoms with E-state index in [1.165, 1.54) is 75.3 Å². The smallest absolute Gasteiger partial charge is 0.0640 e. The molecular weight excluding hydrogens is 613 g/mol. The maximum absolute atomic E-state index is 2.42. The number of aromatic nitrogens is 1. The Morgan fingerprint density at radius 2 is 1.08 bits per heavy atom. The van der Waals surface area contributed by atoms with Crippen molar-refractivity contribution >= 4 is 81.1 Å². The summed E-state index contributed by atoms with van der Waals surface area (Å²) in [5.74, 6) is 0. The van der Waals surface area contributed by atoms with Gasteiger partial charge >= 0.3 is 0 Å². The highest BCUT2D eigenvalue weighted by molar-refractivity contribution is 7.26. The molecule has 0 bridgehead atoms. The molecule has 0 aliphatic rings. The number of fused-ring (bicyclic) bond motifs is 7. The van der Waals surface area contributed by atoms with E-state index in [0.717, 1.165) is 11.4 Å². The van der Waals surface area contributed by atoms with E-state index in [-0.39, 0.29) is 0 Å². The topological polar surface area (TPSA) is 8.17 Å². The molecule has 2 nitrogen and oxygen atoms in total. The number of anilines is 3. The second-order valence-electron chi connectivity index (χ2n) is 12.6. The predicted octanol–water partition coefficient (Wildman–Crippen LogP) is 13.4. The number of thiophene rings is 1. The molecule has 10 aromatic rings. The highest BCUT2D eigenvalue weighted by Crippen LogP contribution is 2.45. The second kappa shape index (κ2) is 11.2. The van der Waals surface area contributed by atoms with Crippen molar-refractivity contribution in [3.63, 3.8) is 0 Å². The highest BCUT2D eigenvalue weighted by atomic mass is 32.1. The van der Waals surface area contributed by atoms with Crippen LogP contribution in [0.25, 0.3) is 69.6 Å². The van der Waals surface area contributed by atoms with Crippen LogP contribution in [-0.2, 0) is 0 Å². The molecule has 0 saturated carbocycles. The van der Waals surface area contributed by atoms with E-state index >= 15 is 0 Å². The lowest BCUT2D eigenvalue weighted by Gasteiger charge is -2.26. The van der Waals surface area contributed by atoms with E-state index in [1.807, 2.05) is 11.3 Å². The fraction of sp³-hybridized carbons (Fsp3) is 0. The SMILES string of the molecule is c1ccc(-n2c3ccccc3c3cc(-c4ccc(N(c5ccc6ccccc6c5)c5cccc6c5sc5ccccc56)cc4)ccc32)cc1. The van der Waals surface area contributed by atoms with Gasteiger partial charge in [0.2, 0.25) is 0 Å². The Hall–Kier alpha value is -6.16. The van der Waals surface area contributed by atoms with E-state index < -0.39 is 0 Å². The molecule has 2 aromatic heterocycles. The minimum absolute atomic E-state index is 1.13. The molecule has 2 heterocycles. The Bertz CT molecular complexity index is 2830. The van der Waals surface area contributed by atoms with Crippen molar-refractivity contribution in [2.75, 3.05) is 4.90 Å². The summed E-state index contributed by atoms with van der Waals surface area (Å²) in [5.41, 5.74) is 9.48. The zero-order valence-corrected chi connectivity index (χ0v) is 27.4. The average molecular weight is 643 g/mol. The molecule has 8 aromatic carbocycles. The van der Waals surface area contributed by atoms with Crippen molar-refractivity contribution in [2.45, 2.75) is 0 Å². The Labute approximate surface area is 288 Å². The first-order chi connectivity index (χ1) is 24.3. The first kappa shape index (κ1) is 27.9. The molecule has 0 N–H and O–H groups in total. The number of hydrogen-bond acceptors (Lipinski definition) is 2. The summed E-state index contributed by atoms with van der Waals surface area (Å²) in [6.45, 7) is 0. The third-order valence-corrected chi connectivity index (χ3v) is 11.0. The average Bonchev–Trinajstić information content (AvgIpc) is 3.72. The first-order valence-corrected chi connectivity index (χ1v) is 17.5. The number of nitrogens with zero attached hydrogens (tertiary/aromatic N) is 2. The van der Waals surface area contributed by atoms with Crippen LogP contribution in [0.2, 0.25) is 0 Å². The molecule has 49 heavy (non-hydrogen) atoms. The zero-order valence-electron chi connectivity index (χ0n) is 26.6. The molecule has 0 spiro atoms. The second-order valence-corrected chi connectivity index (χ2v) is 13.6. The van der Waals surface area contributed by atoms with Crippen molar-refractivity contribution in [3.8, 4) is 16.8 Å². The molecule has 0 atom stereocenters. The number of rotatable bonds is 5. The van der Waals surface area contributed by atoms with Gasteiger partial charge < -0.3 is 9.47 Å². The molecule has 0 aliphatic carbocycles. The van der Waals surface area contributed by atoms with Crippen LogP contribution < -0.4 is 4.90 Å². The van der Waals surface area contributed by atoms with Gasteiger partial charge in [-0.1, -0.05) is 115 Å². The van der Waals surface area contributed by atoms with E-state index in [0.29, 0.717) is 0 Å². The van der Waals surface area contributed by atoms with Crippen LogP contribution in [0.15, 0.2) is 182 Å². The van der Waals surface area contributed by atoms with Crippen molar-refractivity contribution in [1.29, 1.82) is 0 Å². The van der Waals surface area contributed by atoms with Crippen molar-refractivity contribution < 1.29 is 0 Å². The normalized spacial score (nSPS) is 11.7. The standard InChI is InChI=1S/C46H30N2S/c1-2-13-35(14-3-1)48-42-18-8-6-15-38(42)41-30-34(24-28-43(41)48)32-21-25-36(26-22-32)47(37-27-23-31-11-4-5-12-33(31)29-37)44-19-10-17-40-39-16-7-9-20-45(39)49-46(40)44/h1-30H. The Morgan fingerprint density at radius 3 is 1.96 bits per heavy atom. The van der Waals surface area contributed by atoms with Crippen LogP contribution in [0.3, 0.4) is 0 Å². The maximum Gasteiger partial charge on any atom is 0.0640 e. The van der Waals surface area contributed by atoms with Gasteiger partial charge in [-0.05, 0) is 88.6 Å². The third kappa shape index (κ3) is 4.55. The van der Waals surface area contributed by atoms with Gasteiger partial charge in [0.25, 0.3) is 0 Å². The van der Waals surface area contributed by atoms with Gasteiger partial charge in [-0.3, -0.25) is 0 Å². The summed E-state index contributed by atoms with van der Waals surface area (Å²) in [6.07, 6.45) is 0. The van der Waals surface area contributed by atoms with Crippen LogP contribution in [0.4, 0.5) is 17.1 Å². The number of hydrogen-bond donors (Lipinski definition) is 0. The molecule has 0 amide bonds. The van der Waals surface area contributed by atoms with Gasteiger partial charge in [0.1, 0.15) is 0 Å². The summed E-state index contributed by atoms with van der Waals surface area (Å²) in [5, 5.41) is 7.60. The maximum atomic E-state index is 2.42. The van der Waals surface area contributed by atoms with Gasteiger partial charge in [0.05, 0.1) is 21.4 Å². The summed E-state index contributed by atoms with van der Waals surface area (Å²) in [6, 6.07) is 66.2. The van der Waals surface area contributed by atoms with Gasteiger partial charge in [0, 0.05) is 43.3 Å². The first-order valence-electron chi connectivity index (χ1n) is 16.7. The Balaban J connectivity index is 1.12. The van der Waals surface area contributed by atoms with Gasteiger partial charge in [-0.2, -0.15) is 0 Å². The highest BCUT2D eigenvalue weighted by Gasteiger charge is 2.19.